The molecule has 0 aromatic heterocycles. The lowest BCUT2D eigenvalue weighted by atomic mass is 10.2. The molecular weight excluding hydrogens is 274 g/mol. The van der Waals surface area contributed by atoms with Gasteiger partial charge >= 0.3 is 0 Å². The van der Waals surface area contributed by atoms with Crippen molar-refractivity contribution in [1.82, 2.24) is 4.90 Å². The molecule has 0 unspecified atom stereocenters. The molecule has 1 aromatic carbocycles. The first-order valence-electron chi connectivity index (χ1n) is 6.86. The summed E-state index contributed by atoms with van der Waals surface area (Å²) in [4.78, 5) is 24.0. The second kappa shape index (κ2) is 8.33. The summed E-state index contributed by atoms with van der Waals surface area (Å²) in [6, 6.07) is 4.31. The van der Waals surface area contributed by atoms with Gasteiger partial charge < -0.3 is 10.4 Å². The Kier molecular flexibility index (Phi) is 6.77. The molecule has 7 heteroatoms. The molecule has 0 spiro atoms. The lowest BCUT2D eigenvalue weighted by Gasteiger charge is -2.20. The van der Waals surface area contributed by atoms with Gasteiger partial charge in [-0.3, -0.25) is 19.8 Å². The topological polar surface area (TPSA) is 95.7 Å². The van der Waals surface area contributed by atoms with Crippen molar-refractivity contribution in [2.24, 2.45) is 0 Å². The number of aryl methyl sites for hydroxylation is 1. The fraction of sp³-hybridized carbons (Fsp3) is 0.500. The smallest absolute Gasteiger partial charge is 0.269 e. The van der Waals surface area contributed by atoms with E-state index in [1.54, 1.807) is 6.92 Å². The number of non-ortho nitro benzene ring substituents is 1. The number of amides is 1. The van der Waals surface area contributed by atoms with Crippen LogP contribution in [0.5, 0.6) is 0 Å². The van der Waals surface area contributed by atoms with Crippen LogP contribution in [0.4, 0.5) is 11.4 Å². The molecule has 0 saturated carbocycles. The van der Waals surface area contributed by atoms with Crippen molar-refractivity contribution in [2.75, 3.05) is 31.6 Å². The zero-order valence-electron chi connectivity index (χ0n) is 12.3. The number of hydrogen-bond donors (Lipinski definition) is 2. The van der Waals surface area contributed by atoms with Gasteiger partial charge in [0.2, 0.25) is 5.91 Å². The van der Waals surface area contributed by atoms with Crippen LogP contribution in [-0.2, 0) is 4.79 Å². The third-order valence-corrected chi connectivity index (χ3v) is 3.02. The summed E-state index contributed by atoms with van der Waals surface area (Å²) in [5.41, 5.74) is 1.20. The Bertz CT molecular complexity index is 499. The molecule has 2 N–H and O–H groups in total. The molecule has 0 aliphatic carbocycles. The summed E-state index contributed by atoms with van der Waals surface area (Å²) < 4.78 is 0. The summed E-state index contributed by atoms with van der Waals surface area (Å²) in [6.45, 7) is 5.07. The molecule has 1 aromatic rings. The van der Waals surface area contributed by atoms with E-state index in [0.29, 0.717) is 17.8 Å². The first kappa shape index (κ1) is 17.1. The number of benzene rings is 1. The van der Waals surface area contributed by atoms with Crippen molar-refractivity contribution < 1.29 is 14.8 Å². The van der Waals surface area contributed by atoms with Gasteiger partial charge in [-0.25, -0.2) is 0 Å². The van der Waals surface area contributed by atoms with E-state index in [0.717, 1.165) is 13.0 Å². The molecule has 0 atom stereocenters. The van der Waals surface area contributed by atoms with Gasteiger partial charge in [0.25, 0.3) is 5.69 Å². The quantitative estimate of drug-likeness (QED) is 0.560. The zero-order valence-corrected chi connectivity index (χ0v) is 12.3. The summed E-state index contributed by atoms with van der Waals surface area (Å²) >= 11 is 0. The van der Waals surface area contributed by atoms with Crippen LogP contribution in [-0.4, -0.2) is 47.1 Å². The number of anilines is 1. The summed E-state index contributed by atoms with van der Waals surface area (Å²) in [5, 5.41) is 22.4. The first-order valence-corrected chi connectivity index (χ1v) is 6.86. The summed E-state index contributed by atoms with van der Waals surface area (Å²) in [6.07, 6.45) is 0.893. The molecule has 0 aliphatic heterocycles. The fourth-order valence-corrected chi connectivity index (χ4v) is 2.02. The van der Waals surface area contributed by atoms with Crippen LogP contribution in [0, 0.1) is 17.0 Å². The number of carbonyl (C=O) groups excluding carboxylic acids is 1. The number of nitrogens with zero attached hydrogens (tertiary/aromatic N) is 2. The maximum absolute atomic E-state index is 12.0. The number of nitro benzene ring substituents is 1. The second-order valence-electron chi connectivity index (χ2n) is 4.80. The van der Waals surface area contributed by atoms with Gasteiger partial charge in [0.15, 0.2) is 0 Å². The van der Waals surface area contributed by atoms with Gasteiger partial charge in [0.1, 0.15) is 0 Å². The van der Waals surface area contributed by atoms with Gasteiger partial charge in [0.05, 0.1) is 18.1 Å². The molecule has 0 heterocycles. The molecule has 1 rings (SSSR count). The molecule has 7 nitrogen and oxygen atoms in total. The molecule has 1 amide bonds. The van der Waals surface area contributed by atoms with Crippen molar-refractivity contribution in [1.29, 1.82) is 0 Å². The highest BCUT2D eigenvalue weighted by molar-refractivity contribution is 5.93. The van der Waals surface area contributed by atoms with Crippen LogP contribution in [0.1, 0.15) is 18.9 Å². The van der Waals surface area contributed by atoms with Crippen molar-refractivity contribution in [2.45, 2.75) is 20.3 Å². The van der Waals surface area contributed by atoms with E-state index in [2.05, 4.69) is 5.32 Å². The summed E-state index contributed by atoms with van der Waals surface area (Å²) in [7, 11) is 0. The largest absolute Gasteiger partial charge is 0.395 e. The first-order chi connectivity index (χ1) is 9.97. The van der Waals surface area contributed by atoms with E-state index >= 15 is 0 Å². The Morgan fingerprint density at radius 2 is 2.14 bits per heavy atom. The zero-order chi connectivity index (χ0) is 15.8. The highest BCUT2D eigenvalue weighted by Gasteiger charge is 2.12. The second-order valence-corrected chi connectivity index (χ2v) is 4.80. The molecule has 0 radical (unpaired) electrons. The average molecular weight is 295 g/mol. The van der Waals surface area contributed by atoms with E-state index in [9.17, 15) is 14.9 Å². The standard InChI is InChI=1S/C14H21N3O4/c1-3-6-16(7-8-18)10-14(19)15-13-5-4-12(17(20)21)9-11(13)2/h4-5,9,18H,3,6-8,10H2,1-2H3,(H,15,19). The predicted molar refractivity (Wildman–Crippen MR) is 80.3 cm³/mol. The van der Waals surface area contributed by atoms with Crippen LogP contribution in [0.15, 0.2) is 18.2 Å². The van der Waals surface area contributed by atoms with Crippen molar-refractivity contribution >= 4 is 17.3 Å². The van der Waals surface area contributed by atoms with Crippen LogP contribution in [0.3, 0.4) is 0 Å². The molecule has 0 fully saturated rings. The predicted octanol–water partition coefficient (Wildman–Crippen LogP) is 1.55. The number of rotatable bonds is 8. The average Bonchev–Trinajstić information content (AvgIpc) is 2.41. The van der Waals surface area contributed by atoms with E-state index < -0.39 is 4.92 Å². The molecule has 0 aliphatic rings. The normalized spacial score (nSPS) is 10.7. The monoisotopic (exact) mass is 295 g/mol. The highest BCUT2D eigenvalue weighted by Crippen LogP contribution is 2.21. The van der Waals surface area contributed by atoms with Gasteiger partial charge in [0, 0.05) is 24.4 Å². The number of hydrogen-bond acceptors (Lipinski definition) is 5. The SMILES string of the molecule is CCCN(CCO)CC(=O)Nc1ccc([N+](=O)[O-])cc1C. The summed E-state index contributed by atoms with van der Waals surface area (Å²) in [5.74, 6) is -0.200. The van der Waals surface area contributed by atoms with Crippen molar-refractivity contribution in [3.8, 4) is 0 Å². The molecule has 116 valence electrons. The van der Waals surface area contributed by atoms with Crippen LogP contribution < -0.4 is 5.32 Å². The Labute approximate surface area is 123 Å². The van der Waals surface area contributed by atoms with Crippen molar-refractivity contribution in [3.05, 3.63) is 33.9 Å². The lowest BCUT2D eigenvalue weighted by Crippen LogP contribution is -2.35. The van der Waals surface area contributed by atoms with E-state index in [-0.39, 0.29) is 24.7 Å². The van der Waals surface area contributed by atoms with E-state index in [1.807, 2.05) is 11.8 Å². The van der Waals surface area contributed by atoms with Crippen LogP contribution in [0.25, 0.3) is 0 Å². The van der Waals surface area contributed by atoms with Gasteiger partial charge in [-0.1, -0.05) is 6.92 Å². The minimum Gasteiger partial charge on any atom is -0.395 e. The van der Waals surface area contributed by atoms with Crippen LogP contribution >= 0.6 is 0 Å². The lowest BCUT2D eigenvalue weighted by molar-refractivity contribution is -0.384. The molecule has 21 heavy (non-hydrogen) atoms. The maximum atomic E-state index is 12.0. The number of aliphatic hydroxyl groups excluding tert-OH is 1. The van der Waals surface area contributed by atoms with Crippen molar-refractivity contribution in [3.63, 3.8) is 0 Å². The highest BCUT2D eigenvalue weighted by atomic mass is 16.6. The Morgan fingerprint density at radius 3 is 2.67 bits per heavy atom. The Hall–Kier alpha value is -1.99. The maximum Gasteiger partial charge on any atom is 0.269 e. The Morgan fingerprint density at radius 1 is 1.43 bits per heavy atom. The molecular formula is C14H21N3O4. The number of carbonyl (C=O) groups is 1. The fourth-order valence-electron chi connectivity index (χ4n) is 2.02. The molecule has 0 bridgehead atoms. The third-order valence-electron chi connectivity index (χ3n) is 3.02. The van der Waals surface area contributed by atoms with Gasteiger partial charge in [-0.2, -0.15) is 0 Å². The third kappa shape index (κ3) is 5.49. The number of nitro groups is 1. The minimum absolute atomic E-state index is 0.00149. The number of nitrogens with one attached hydrogen (secondary N) is 1. The van der Waals surface area contributed by atoms with E-state index in [4.69, 9.17) is 5.11 Å². The molecule has 0 saturated heterocycles. The van der Waals surface area contributed by atoms with Crippen LogP contribution in [0.2, 0.25) is 0 Å². The minimum atomic E-state index is -0.469. The number of aliphatic hydroxyl groups is 1. The van der Waals surface area contributed by atoms with E-state index in [1.165, 1.54) is 18.2 Å². The Balaban J connectivity index is 2.67. The van der Waals surface area contributed by atoms with Gasteiger partial charge in [-0.15, -0.1) is 0 Å². The van der Waals surface area contributed by atoms with Gasteiger partial charge in [-0.05, 0) is 31.5 Å².